The van der Waals surface area contributed by atoms with Gasteiger partial charge >= 0.3 is 11.7 Å². The minimum absolute atomic E-state index is 0.103. The van der Waals surface area contributed by atoms with Crippen LogP contribution in [0, 0.1) is 6.92 Å². The molecule has 0 radical (unpaired) electrons. The quantitative estimate of drug-likeness (QED) is 0.550. The van der Waals surface area contributed by atoms with Crippen LogP contribution in [-0.4, -0.2) is 31.9 Å². The summed E-state index contributed by atoms with van der Waals surface area (Å²) >= 11 is 0. The van der Waals surface area contributed by atoms with Crippen molar-refractivity contribution >= 4 is 16.9 Å². The largest absolute Gasteiger partial charge is 0.462 e. The van der Waals surface area contributed by atoms with Gasteiger partial charge in [0.2, 0.25) is 0 Å². The number of H-pyrrole nitrogens is 1. The molecule has 130 valence electrons. The van der Waals surface area contributed by atoms with Crippen molar-refractivity contribution in [3.05, 3.63) is 62.6 Å². The van der Waals surface area contributed by atoms with E-state index < -0.39 is 11.7 Å². The van der Waals surface area contributed by atoms with E-state index >= 15 is 0 Å². The Bertz CT molecular complexity index is 1040. The van der Waals surface area contributed by atoms with Gasteiger partial charge in [0.1, 0.15) is 5.56 Å². The number of ether oxygens (including phenoxy) is 1. The fourth-order valence-electron chi connectivity index (χ4n) is 2.57. The Kier molecular flexibility index (Phi) is 4.51. The predicted molar refractivity (Wildman–Crippen MR) is 91.7 cm³/mol. The van der Waals surface area contributed by atoms with Gasteiger partial charge < -0.3 is 9.72 Å². The number of carbonyl (C=O) groups is 1. The van der Waals surface area contributed by atoms with Gasteiger partial charge in [0.25, 0.3) is 5.56 Å². The van der Waals surface area contributed by atoms with Crippen LogP contribution in [0.2, 0.25) is 0 Å². The summed E-state index contributed by atoms with van der Waals surface area (Å²) in [7, 11) is 1.74. The second-order valence-electron chi connectivity index (χ2n) is 5.69. The molecule has 2 heterocycles. The van der Waals surface area contributed by atoms with Gasteiger partial charge in [-0.2, -0.15) is 5.10 Å². The molecule has 8 nitrogen and oxygen atoms in total. The average Bonchev–Trinajstić information content (AvgIpc) is 2.93. The fraction of sp³-hybridized carbons (Fsp3) is 0.294. The molecule has 0 bridgehead atoms. The van der Waals surface area contributed by atoms with Crippen LogP contribution >= 0.6 is 0 Å². The van der Waals surface area contributed by atoms with Crippen LogP contribution in [0.4, 0.5) is 0 Å². The number of rotatable bonds is 5. The first kappa shape index (κ1) is 16.7. The van der Waals surface area contributed by atoms with E-state index in [4.69, 9.17) is 4.74 Å². The number of esters is 1. The molecule has 0 aliphatic heterocycles. The molecule has 0 atom stereocenters. The van der Waals surface area contributed by atoms with Gasteiger partial charge in [-0.25, -0.2) is 9.59 Å². The first-order valence-electron chi connectivity index (χ1n) is 7.86. The summed E-state index contributed by atoms with van der Waals surface area (Å²) in [5.74, 6) is -0.467. The van der Waals surface area contributed by atoms with Gasteiger partial charge in [0.05, 0.1) is 23.7 Å². The molecule has 25 heavy (non-hydrogen) atoms. The van der Waals surface area contributed by atoms with Crippen molar-refractivity contribution < 1.29 is 9.53 Å². The van der Waals surface area contributed by atoms with Crippen LogP contribution in [0.1, 0.15) is 22.5 Å². The maximum atomic E-state index is 12.4. The number of aromatic nitrogens is 4. The summed E-state index contributed by atoms with van der Waals surface area (Å²) in [4.78, 5) is 39.1. The monoisotopic (exact) mass is 342 g/mol. The summed E-state index contributed by atoms with van der Waals surface area (Å²) < 4.78 is 7.90. The van der Waals surface area contributed by atoms with E-state index in [-0.39, 0.29) is 18.7 Å². The molecular formula is C17H18N4O4. The van der Waals surface area contributed by atoms with Gasteiger partial charge in [-0.3, -0.25) is 14.0 Å². The number of nitrogens with zero attached hydrogens (tertiary/aromatic N) is 3. The summed E-state index contributed by atoms with van der Waals surface area (Å²) in [6, 6.07) is 6.84. The van der Waals surface area contributed by atoms with E-state index in [9.17, 15) is 14.4 Å². The number of hydrogen-bond donors (Lipinski definition) is 1. The van der Waals surface area contributed by atoms with Crippen LogP contribution in [0.15, 0.2) is 40.1 Å². The highest BCUT2D eigenvalue weighted by Crippen LogP contribution is 2.07. The number of fused-ring (bicyclic) bond motifs is 1. The van der Waals surface area contributed by atoms with Crippen LogP contribution in [0.25, 0.3) is 10.9 Å². The third kappa shape index (κ3) is 3.23. The minimum Gasteiger partial charge on any atom is -0.462 e. The van der Waals surface area contributed by atoms with Crippen LogP contribution in [0.3, 0.4) is 0 Å². The Hall–Kier alpha value is -3.16. The Morgan fingerprint density at radius 3 is 2.76 bits per heavy atom. The Morgan fingerprint density at radius 1 is 1.28 bits per heavy atom. The summed E-state index contributed by atoms with van der Waals surface area (Å²) in [5.41, 5.74) is 0.801. The molecule has 2 aromatic heterocycles. The molecule has 0 fully saturated rings. The maximum absolute atomic E-state index is 12.4. The normalized spacial score (nSPS) is 11.0. The lowest BCUT2D eigenvalue weighted by atomic mass is 10.2. The van der Waals surface area contributed by atoms with E-state index in [0.717, 1.165) is 4.57 Å². The number of aryl methyl sites for hydroxylation is 1. The molecule has 3 rings (SSSR count). The highest BCUT2D eigenvalue weighted by atomic mass is 16.5. The standard InChI is InChI=1S/C17H18N4O4/c1-11-13(10-18-20(11)2)16(23)25-9-5-8-21-15(22)12-6-3-4-7-14(12)19-17(21)24/h3-4,6-7,10H,5,8-9H2,1-2H3,(H,19,24). The Balaban J connectivity index is 1.66. The molecular weight excluding hydrogens is 324 g/mol. The number of nitrogens with one attached hydrogen (secondary N) is 1. The second kappa shape index (κ2) is 6.76. The Morgan fingerprint density at radius 2 is 2.04 bits per heavy atom. The molecule has 3 aromatic rings. The molecule has 0 amide bonds. The lowest BCUT2D eigenvalue weighted by molar-refractivity contribution is 0.0494. The van der Waals surface area contributed by atoms with Crippen molar-refractivity contribution in [1.82, 2.24) is 19.3 Å². The second-order valence-corrected chi connectivity index (χ2v) is 5.69. The molecule has 0 unspecified atom stereocenters. The number of hydrogen-bond acceptors (Lipinski definition) is 5. The van der Waals surface area contributed by atoms with E-state index in [1.165, 1.54) is 6.20 Å². The highest BCUT2D eigenvalue weighted by Gasteiger charge is 2.14. The van der Waals surface area contributed by atoms with Crippen molar-refractivity contribution in [2.45, 2.75) is 19.9 Å². The summed E-state index contributed by atoms with van der Waals surface area (Å²) in [5, 5.41) is 4.44. The van der Waals surface area contributed by atoms with Gasteiger partial charge in [-0.15, -0.1) is 0 Å². The van der Waals surface area contributed by atoms with Crippen LogP contribution in [-0.2, 0) is 18.3 Å². The summed E-state index contributed by atoms with van der Waals surface area (Å²) in [6.45, 7) is 2.04. The zero-order chi connectivity index (χ0) is 18.0. The maximum Gasteiger partial charge on any atom is 0.341 e. The topological polar surface area (TPSA) is 99.0 Å². The van der Waals surface area contributed by atoms with Gasteiger partial charge in [-0.05, 0) is 25.5 Å². The molecule has 0 spiro atoms. The third-order valence-electron chi connectivity index (χ3n) is 4.10. The van der Waals surface area contributed by atoms with Gasteiger partial charge in [0, 0.05) is 19.3 Å². The van der Waals surface area contributed by atoms with E-state index in [2.05, 4.69) is 10.1 Å². The molecule has 0 aliphatic rings. The van der Waals surface area contributed by atoms with Gasteiger partial charge in [0.15, 0.2) is 0 Å². The lowest BCUT2D eigenvalue weighted by Crippen LogP contribution is -2.35. The van der Waals surface area contributed by atoms with Gasteiger partial charge in [-0.1, -0.05) is 12.1 Å². The SMILES string of the molecule is Cc1c(C(=O)OCCCn2c(=O)[nH]c3ccccc3c2=O)cnn1C. The van der Waals surface area contributed by atoms with Crippen molar-refractivity contribution in [1.29, 1.82) is 0 Å². The van der Waals surface area contributed by atoms with Crippen LogP contribution < -0.4 is 11.2 Å². The van der Waals surface area contributed by atoms with Crippen molar-refractivity contribution in [2.24, 2.45) is 7.05 Å². The molecule has 1 aromatic carbocycles. The predicted octanol–water partition coefficient (Wildman–Crippen LogP) is 0.979. The lowest BCUT2D eigenvalue weighted by Gasteiger charge is -2.07. The molecule has 1 N–H and O–H groups in total. The van der Waals surface area contributed by atoms with Crippen molar-refractivity contribution in [3.63, 3.8) is 0 Å². The molecule has 8 heteroatoms. The van der Waals surface area contributed by atoms with Crippen molar-refractivity contribution in [2.75, 3.05) is 6.61 Å². The minimum atomic E-state index is -0.474. The highest BCUT2D eigenvalue weighted by molar-refractivity contribution is 5.90. The number of aromatic amines is 1. The van der Waals surface area contributed by atoms with E-state index in [1.807, 2.05) is 0 Å². The van der Waals surface area contributed by atoms with Crippen LogP contribution in [0.5, 0.6) is 0 Å². The smallest absolute Gasteiger partial charge is 0.341 e. The summed E-state index contributed by atoms with van der Waals surface area (Å²) in [6.07, 6.45) is 1.81. The molecule has 0 saturated heterocycles. The first-order chi connectivity index (χ1) is 12.0. The molecule has 0 saturated carbocycles. The first-order valence-corrected chi connectivity index (χ1v) is 7.86. The molecule has 0 aliphatic carbocycles. The third-order valence-corrected chi connectivity index (χ3v) is 4.10. The number of benzene rings is 1. The van der Waals surface area contributed by atoms with E-state index in [1.54, 1.807) is 42.9 Å². The fourth-order valence-corrected chi connectivity index (χ4v) is 2.57. The zero-order valence-corrected chi connectivity index (χ0v) is 14.0. The van der Waals surface area contributed by atoms with Crippen molar-refractivity contribution in [3.8, 4) is 0 Å². The average molecular weight is 342 g/mol. The van der Waals surface area contributed by atoms with E-state index in [0.29, 0.717) is 28.6 Å². The number of carbonyl (C=O) groups excluding carboxylic acids is 1. The Labute approximate surface area is 142 Å². The zero-order valence-electron chi connectivity index (χ0n) is 14.0. The number of para-hydroxylation sites is 1.